The second-order valence-corrected chi connectivity index (χ2v) is 5.86. The second kappa shape index (κ2) is 11.6. The SMILES string of the molecule is CCCCCCCCCCCC[C@H](O)/C=C1\C=CC(=O)O1. The predicted molar refractivity (Wildman–Crippen MR) is 85.8 cm³/mol. The monoisotopic (exact) mass is 294 g/mol. The van der Waals surface area contributed by atoms with Gasteiger partial charge in [0, 0.05) is 6.08 Å². The number of hydrogen-bond acceptors (Lipinski definition) is 3. The summed E-state index contributed by atoms with van der Waals surface area (Å²) >= 11 is 0. The number of aliphatic hydroxyl groups is 1. The first-order valence-electron chi connectivity index (χ1n) is 8.52. The molecule has 0 spiro atoms. The summed E-state index contributed by atoms with van der Waals surface area (Å²) in [7, 11) is 0. The number of allylic oxidation sites excluding steroid dienone is 1. The molecule has 1 N–H and O–H groups in total. The van der Waals surface area contributed by atoms with Crippen LogP contribution in [0.3, 0.4) is 0 Å². The van der Waals surface area contributed by atoms with Crippen molar-refractivity contribution in [2.24, 2.45) is 0 Å². The molecule has 3 heteroatoms. The van der Waals surface area contributed by atoms with Gasteiger partial charge in [0.05, 0.1) is 6.10 Å². The van der Waals surface area contributed by atoms with E-state index in [4.69, 9.17) is 4.74 Å². The standard InChI is InChI=1S/C18H30O3/c1-2-3-4-5-6-7-8-9-10-11-12-16(19)15-17-13-14-18(20)21-17/h13-16,19H,2-12H2,1H3/b17-15+/t16-/m0/s1. The molecule has 1 aliphatic rings. The van der Waals surface area contributed by atoms with Gasteiger partial charge in [0.15, 0.2) is 0 Å². The molecule has 1 rings (SSSR count). The topological polar surface area (TPSA) is 46.5 Å². The number of unbranched alkanes of at least 4 members (excludes halogenated alkanes) is 9. The zero-order chi connectivity index (χ0) is 15.3. The fraction of sp³-hybridized carbons (Fsp3) is 0.722. The Kier molecular flexibility index (Phi) is 9.88. The van der Waals surface area contributed by atoms with Gasteiger partial charge < -0.3 is 9.84 Å². The summed E-state index contributed by atoms with van der Waals surface area (Å²) in [5, 5.41) is 9.82. The Labute approximate surface area is 129 Å². The van der Waals surface area contributed by atoms with Gasteiger partial charge in [0.25, 0.3) is 0 Å². The molecule has 1 atom stereocenters. The van der Waals surface area contributed by atoms with Crippen LogP contribution in [-0.4, -0.2) is 17.2 Å². The van der Waals surface area contributed by atoms with Crippen LogP contribution in [0.4, 0.5) is 0 Å². The van der Waals surface area contributed by atoms with E-state index < -0.39 is 6.10 Å². The minimum atomic E-state index is -0.510. The summed E-state index contributed by atoms with van der Waals surface area (Å²) in [5.74, 6) is 0.118. The van der Waals surface area contributed by atoms with Crippen molar-refractivity contribution in [1.82, 2.24) is 0 Å². The van der Waals surface area contributed by atoms with Crippen LogP contribution in [0.25, 0.3) is 0 Å². The summed E-state index contributed by atoms with van der Waals surface area (Å²) in [4.78, 5) is 10.8. The lowest BCUT2D eigenvalue weighted by molar-refractivity contribution is -0.132. The molecular formula is C18H30O3. The number of esters is 1. The molecule has 0 fully saturated rings. The average Bonchev–Trinajstić information content (AvgIpc) is 2.86. The Morgan fingerprint density at radius 3 is 2.10 bits per heavy atom. The Morgan fingerprint density at radius 1 is 1.00 bits per heavy atom. The van der Waals surface area contributed by atoms with E-state index in [1.807, 2.05) is 0 Å². The number of rotatable bonds is 12. The molecule has 0 saturated heterocycles. The van der Waals surface area contributed by atoms with E-state index in [1.165, 1.54) is 63.9 Å². The number of carbonyl (C=O) groups is 1. The molecule has 0 aliphatic carbocycles. The van der Waals surface area contributed by atoms with Crippen LogP contribution in [0.15, 0.2) is 24.0 Å². The molecule has 0 bridgehead atoms. The summed E-state index contributed by atoms with van der Waals surface area (Å²) in [6.07, 6.45) is 17.8. The predicted octanol–water partition coefficient (Wildman–Crippen LogP) is 4.66. The van der Waals surface area contributed by atoms with E-state index in [9.17, 15) is 9.90 Å². The molecule has 3 nitrogen and oxygen atoms in total. The van der Waals surface area contributed by atoms with Crippen molar-refractivity contribution in [1.29, 1.82) is 0 Å². The third kappa shape index (κ3) is 9.46. The molecule has 0 aromatic heterocycles. The van der Waals surface area contributed by atoms with Crippen LogP contribution in [0.1, 0.15) is 77.6 Å². The number of hydrogen-bond donors (Lipinski definition) is 1. The highest BCUT2D eigenvalue weighted by atomic mass is 16.5. The third-order valence-corrected chi connectivity index (χ3v) is 3.81. The second-order valence-electron chi connectivity index (χ2n) is 5.86. The number of carbonyl (C=O) groups excluding carboxylic acids is 1. The Morgan fingerprint density at radius 2 is 1.57 bits per heavy atom. The van der Waals surface area contributed by atoms with E-state index in [-0.39, 0.29) is 5.97 Å². The zero-order valence-electron chi connectivity index (χ0n) is 13.4. The molecule has 120 valence electrons. The summed E-state index contributed by atoms with van der Waals surface area (Å²) in [6.45, 7) is 2.25. The Balaban J connectivity index is 1.90. The fourth-order valence-electron chi connectivity index (χ4n) is 2.54. The maximum atomic E-state index is 10.8. The molecule has 21 heavy (non-hydrogen) atoms. The number of aliphatic hydroxyl groups excluding tert-OH is 1. The molecule has 0 unspecified atom stereocenters. The molecule has 0 aromatic carbocycles. The van der Waals surface area contributed by atoms with Gasteiger partial charge in [-0.3, -0.25) is 0 Å². The van der Waals surface area contributed by atoms with Crippen molar-refractivity contribution in [3.8, 4) is 0 Å². The summed E-state index contributed by atoms with van der Waals surface area (Å²) in [6, 6.07) is 0. The van der Waals surface area contributed by atoms with Gasteiger partial charge in [0.1, 0.15) is 5.76 Å². The van der Waals surface area contributed by atoms with Gasteiger partial charge in [0.2, 0.25) is 0 Å². The van der Waals surface area contributed by atoms with Gasteiger partial charge in [-0.05, 0) is 18.6 Å². The largest absolute Gasteiger partial charge is 0.424 e. The highest BCUT2D eigenvalue weighted by Gasteiger charge is 2.11. The Hall–Kier alpha value is -1.09. The number of cyclic esters (lactones) is 1. The Bertz CT molecular complexity index is 344. The smallest absolute Gasteiger partial charge is 0.336 e. The fourth-order valence-corrected chi connectivity index (χ4v) is 2.54. The first kappa shape index (κ1) is 18.0. The first-order valence-corrected chi connectivity index (χ1v) is 8.52. The minimum absolute atomic E-state index is 0.354. The average molecular weight is 294 g/mol. The summed E-state index contributed by atoms with van der Waals surface area (Å²) in [5.41, 5.74) is 0. The van der Waals surface area contributed by atoms with Gasteiger partial charge in [-0.1, -0.05) is 71.1 Å². The highest BCUT2D eigenvalue weighted by Crippen LogP contribution is 2.14. The van der Waals surface area contributed by atoms with Crippen LogP contribution in [0.2, 0.25) is 0 Å². The van der Waals surface area contributed by atoms with Crippen LogP contribution in [0, 0.1) is 0 Å². The van der Waals surface area contributed by atoms with Gasteiger partial charge in [-0.15, -0.1) is 0 Å². The van der Waals surface area contributed by atoms with Gasteiger partial charge >= 0.3 is 5.97 Å². The van der Waals surface area contributed by atoms with Crippen molar-refractivity contribution in [2.45, 2.75) is 83.7 Å². The number of ether oxygens (including phenoxy) is 1. The van der Waals surface area contributed by atoms with Crippen molar-refractivity contribution in [3.63, 3.8) is 0 Å². The third-order valence-electron chi connectivity index (χ3n) is 3.81. The van der Waals surface area contributed by atoms with E-state index in [2.05, 4.69) is 6.92 Å². The van der Waals surface area contributed by atoms with Gasteiger partial charge in [-0.25, -0.2) is 4.79 Å². The zero-order valence-corrected chi connectivity index (χ0v) is 13.4. The van der Waals surface area contributed by atoms with Crippen LogP contribution in [0.5, 0.6) is 0 Å². The lowest BCUT2D eigenvalue weighted by atomic mass is 10.0. The molecule has 1 heterocycles. The normalized spacial score (nSPS) is 17.4. The first-order chi connectivity index (χ1) is 10.2. The molecule has 0 radical (unpaired) electrons. The quantitative estimate of drug-likeness (QED) is 0.421. The van der Waals surface area contributed by atoms with Crippen LogP contribution >= 0.6 is 0 Å². The van der Waals surface area contributed by atoms with Crippen molar-refractivity contribution < 1.29 is 14.6 Å². The van der Waals surface area contributed by atoms with Crippen molar-refractivity contribution in [3.05, 3.63) is 24.0 Å². The van der Waals surface area contributed by atoms with Crippen molar-refractivity contribution >= 4 is 5.97 Å². The van der Waals surface area contributed by atoms with Crippen LogP contribution < -0.4 is 0 Å². The molecule has 0 aromatic rings. The van der Waals surface area contributed by atoms with Crippen LogP contribution in [-0.2, 0) is 9.53 Å². The molecule has 0 saturated carbocycles. The summed E-state index contributed by atoms with van der Waals surface area (Å²) < 4.78 is 4.88. The maximum Gasteiger partial charge on any atom is 0.336 e. The minimum Gasteiger partial charge on any atom is -0.424 e. The molecular weight excluding hydrogens is 264 g/mol. The van der Waals surface area contributed by atoms with E-state index in [1.54, 1.807) is 12.2 Å². The molecule has 0 amide bonds. The molecule has 1 aliphatic heterocycles. The van der Waals surface area contributed by atoms with E-state index in [0.717, 1.165) is 12.8 Å². The van der Waals surface area contributed by atoms with Gasteiger partial charge in [-0.2, -0.15) is 0 Å². The highest BCUT2D eigenvalue weighted by molar-refractivity contribution is 5.86. The maximum absolute atomic E-state index is 10.8. The van der Waals surface area contributed by atoms with Crippen molar-refractivity contribution in [2.75, 3.05) is 0 Å². The van der Waals surface area contributed by atoms with E-state index >= 15 is 0 Å². The van der Waals surface area contributed by atoms with E-state index in [0.29, 0.717) is 5.76 Å². The lowest BCUT2D eigenvalue weighted by Gasteiger charge is -2.06. The lowest BCUT2D eigenvalue weighted by Crippen LogP contribution is -2.04.